The second kappa shape index (κ2) is 6.99. The van der Waals surface area contributed by atoms with Gasteiger partial charge in [-0.2, -0.15) is 4.98 Å². The van der Waals surface area contributed by atoms with Gasteiger partial charge in [0.1, 0.15) is 0 Å². The largest absolute Gasteiger partial charge is 0.343 e. The Hall–Kier alpha value is -2.43. The lowest BCUT2D eigenvalue weighted by Gasteiger charge is -2.33. The van der Waals surface area contributed by atoms with Crippen molar-refractivity contribution in [3.8, 4) is 0 Å². The van der Waals surface area contributed by atoms with Gasteiger partial charge >= 0.3 is 0 Å². The molecule has 1 saturated heterocycles. The Balaban J connectivity index is 1.79. The highest BCUT2D eigenvalue weighted by Gasteiger charge is 2.29. The Morgan fingerprint density at radius 2 is 2.00 bits per heavy atom. The van der Waals surface area contributed by atoms with Crippen LogP contribution >= 0.6 is 0 Å². The van der Waals surface area contributed by atoms with Crippen molar-refractivity contribution < 1.29 is 9.32 Å². The fourth-order valence-electron chi connectivity index (χ4n) is 3.21. The highest BCUT2D eigenvalue weighted by molar-refractivity contribution is 5.92. The molecule has 1 atom stereocenters. The van der Waals surface area contributed by atoms with Gasteiger partial charge < -0.3 is 9.42 Å². The Morgan fingerprint density at radius 3 is 2.75 bits per heavy atom. The van der Waals surface area contributed by atoms with Crippen LogP contribution in [0.2, 0.25) is 0 Å². The van der Waals surface area contributed by atoms with Crippen LogP contribution in [-0.4, -0.2) is 27.5 Å². The number of aryl methyl sites for hydroxylation is 3. The van der Waals surface area contributed by atoms with Crippen molar-refractivity contribution in [2.45, 2.75) is 46.1 Å². The Labute approximate surface area is 142 Å². The molecule has 0 aliphatic carbocycles. The minimum Gasteiger partial charge on any atom is -0.343 e. The van der Waals surface area contributed by atoms with E-state index in [-0.39, 0.29) is 11.9 Å². The zero-order valence-corrected chi connectivity index (χ0v) is 14.5. The van der Waals surface area contributed by atoms with Gasteiger partial charge in [0, 0.05) is 12.6 Å². The molecule has 2 heterocycles. The molecule has 2 aromatic rings. The molecule has 0 N–H and O–H groups in total. The number of carbonyl (C=O) groups excluding carboxylic acids is 1. The molecule has 3 rings (SSSR count). The number of hydrogen-bond donors (Lipinski definition) is 0. The average molecular weight is 325 g/mol. The van der Waals surface area contributed by atoms with E-state index in [0.717, 1.165) is 31.4 Å². The molecule has 0 saturated carbocycles. The summed E-state index contributed by atoms with van der Waals surface area (Å²) in [6.45, 7) is 6.99. The van der Waals surface area contributed by atoms with Crippen molar-refractivity contribution in [1.82, 2.24) is 15.0 Å². The molecule has 126 valence electrons. The van der Waals surface area contributed by atoms with Crippen LogP contribution in [0.5, 0.6) is 0 Å². The summed E-state index contributed by atoms with van der Waals surface area (Å²) in [5.41, 5.74) is 4.76. The zero-order chi connectivity index (χ0) is 17.1. The summed E-state index contributed by atoms with van der Waals surface area (Å²) in [6.07, 6.45) is 7.85. The van der Waals surface area contributed by atoms with Gasteiger partial charge in [0.15, 0.2) is 5.82 Å². The van der Waals surface area contributed by atoms with Crippen LogP contribution in [0.3, 0.4) is 0 Å². The van der Waals surface area contributed by atoms with E-state index >= 15 is 0 Å². The third kappa shape index (κ3) is 3.40. The zero-order valence-electron chi connectivity index (χ0n) is 14.5. The smallest absolute Gasteiger partial charge is 0.247 e. The molecule has 1 amide bonds. The molecule has 1 aliphatic heterocycles. The van der Waals surface area contributed by atoms with Crippen LogP contribution in [0.15, 0.2) is 29.1 Å². The number of amides is 1. The molecule has 5 nitrogen and oxygen atoms in total. The summed E-state index contributed by atoms with van der Waals surface area (Å²) < 4.78 is 4.85. The van der Waals surface area contributed by atoms with Crippen LogP contribution in [0.4, 0.5) is 0 Å². The van der Waals surface area contributed by atoms with Crippen LogP contribution in [-0.2, 0) is 4.79 Å². The lowest BCUT2D eigenvalue weighted by Crippen LogP contribution is -2.38. The van der Waals surface area contributed by atoms with Gasteiger partial charge in [0.25, 0.3) is 0 Å². The standard InChI is InChI=1S/C19H23N3O2/c1-13-10-15(3)16(11-14(13)2)7-8-18(23)22-9-5-4-6-17(22)19-20-12-24-21-19/h7-8,10-12,17H,4-6,9H2,1-3H3. The summed E-state index contributed by atoms with van der Waals surface area (Å²) in [5.74, 6) is 0.598. The molecular weight excluding hydrogens is 302 g/mol. The van der Waals surface area contributed by atoms with Crippen molar-refractivity contribution in [2.75, 3.05) is 6.54 Å². The number of piperidine rings is 1. The van der Waals surface area contributed by atoms with E-state index in [9.17, 15) is 4.79 Å². The van der Waals surface area contributed by atoms with Gasteiger partial charge in [-0.1, -0.05) is 17.3 Å². The van der Waals surface area contributed by atoms with Crippen molar-refractivity contribution in [2.24, 2.45) is 0 Å². The van der Waals surface area contributed by atoms with Crippen molar-refractivity contribution in [1.29, 1.82) is 0 Å². The monoisotopic (exact) mass is 325 g/mol. The first-order valence-electron chi connectivity index (χ1n) is 8.39. The fraction of sp³-hybridized carbons (Fsp3) is 0.421. The fourth-order valence-corrected chi connectivity index (χ4v) is 3.21. The maximum atomic E-state index is 12.7. The predicted octanol–water partition coefficient (Wildman–Crippen LogP) is 3.76. The van der Waals surface area contributed by atoms with Crippen LogP contribution in [0.1, 0.15) is 53.4 Å². The minimum atomic E-state index is -0.0875. The van der Waals surface area contributed by atoms with Crippen molar-refractivity contribution >= 4 is 12.0 Å². The normalized spacial score (nSPS) is 18.3. The average Bonchev–Trinajstić information content (AvgIpc) is 3.11. The molecule has 5 heteroatoms. The maximum absolute atomic E-state index is 12.7. The lowest BCUT2D eigenvalue weighted by molar-refractivity contribution is -0.129. The Morgan fingerprint density at radius 1 is 1.21 bits per heavy atom. The number of hydrogen-bond acceptors (Lipinski definition) is 4. The number of likely N-dealkylation sites (tertiary alicyclic amines) is 1. The number of aromatic nitrogens is 2. The van der Waals surface area contributed by atoms with E-state index in [2.05, 4.69) is 43.0 Å². The molecular formula is C19H23N3O2. The highest BCUT2D eigenvalue weighted by atomic mass is 16.5. The summed E-state index contributed by atoms with van der Waals surface area (Å²) in [4.78, 5) is 18.7. The third-order valence-electron chi connectivity index (χ3n) is 4.75. The molecule has 1 aromatic carbocycles. The lowest BCUT2D eigenvalue weighted by atomic mass is 9.99. The van der Waals surface area contributed by atoms with Crippen molar-refractivity contribution in [3.63, 3.8) is 0 Å². The maximum Gasteiger partial charge on any atom is 0.247 e. The number of nitrogens with zero attached hydrogens (tertiary/aromatic N) is 3. The van der Waals surface area contributed by atoms with Gasteiger partial charge in [0.2, 0.25) is 12.3 Å². The molecule has 1 aliphatic rings. The second-order valence-corrected chi connectivity index (χ2v) is 6.46. The van der Waals surface area contributed by atoms with E-state index in [0.29, 0.717) is 5.82 Å². The predicted molar refractivity (Wildman–Crippen MR) is 92.3 cm³/mol. The van der Waals surface area contributed by atoms with E-state index in [1.54, 1.807) is 6.08 Å². The first kappa shape index (κ1) is 16.4. The van der Waals surface area contributed by atoms with Crippen LogP contribution in [0.25, 0.3) is 6.08 Å². The SMILES string of the molecule is Cc1cc(C)c(C=CC(=O)N2CCCCC2c2ncon2)cc1C. The van der Waals surface area contributed by atoms with Gasteiger partial charge in [-0.3, -0.25) is 4.79 Å². The summed E-state index contributed by atoms with van der Waals surface area (Å²) in [6, 6.07) is 4.19. The molecule has 0 bridgehead atoms. The van der Waals surface area contributed by atoms with Crippen LogP contribution < -0.4 is 0 Å². The summed E-state index contributed by atoms with van der Waals surface area (Å²) in [7, 11) is 0. The summed E-state index contributed by atoms with van der Waals surface area (Å²) >= 11 is 0. The van der Waals surface area contributed by atoms with Crippen molar-refractivity contribution in [3.05, 3.63) is 52.7 Å². The van der Waals surface area contributed by atoms with Crippen LogP contribution in [0, 0.1) is 20.8 Å². The second-order valence-electron chi connectivity index (χ2n) is 6.46. The first-order chi connectivity index (χ1) is 11.6. The Kier molecular flexibility index (Phi) is 4.79. The molecule has 24 heavy (non-hydrogen) atoms. The molecule has 0 spiro atoms. The number of benzene rings is 1. The third-order valence-corrected chi connectivity index (χ3v) is 4.75. The number of rotatable bonds is 3. The van der Waals surface area contributed by atoms with Gasteiger partial charge in [-0.25, -0.2) is 0 Å². The van der Waals surface area contributed by atoms with Gasteiger partial charge in [-0.15, -0.1) is 0 Å². The Bertz CT molecular complexity index is 750. The highest BCUT2D eigenvalue weighted by Crippen LogP contribution is 2.29. The van der Waals surface area contributed by atoms with Gasteiger partial charge in [-0.05, 0) is 68.4 Å². The molecule has 0 radical (unpaired) electrons. The van der Waals surface area contributed by atoms with E-state index in [1.165, 1.54) is 23.1 Å². The molecule has 1 fully saturated rings. The summed E-state index contributed by atoms with van der Waals surface area (Å²) in [5, 5.41) is 3.92. The van der Waals surface area contributed by atoms with Gasteiger partial charge in [0.05, 0.1) is 6.04 Å². The topological polar surface area (TPSA) is 59.2 Å². The van der Waals surface area contributed by atoms with E-state index in [4.69, 9.17) is 4.52 Å². The quantitative estimate of drug-likeness (QED) is 0.806. The molecule has 1 unspecified atom stereocenters. The van der Waals surface area contributed by atoms with E-state index in [1.807, 2.05) is 11.0 Å². The molecule has 1 aromatic heterocycles. The number of carbonyl (C=O) groups is 1. The first-order valence-corrected chi connectivity index (χ1v) is 8.39. The minimum absolute atomic E-state index is 0.00197. The van der Waals surface area contributed by atoms with E-state index < -0.39 is 0 Å².